The smallest absolute Gasteiger partial charge is 0.207 e. The van der Waals surface area contributed by atoms with Crippen molar-refractivity contribution in [2.45, 2.75) is 6.92 Å². The summed E-state index contributed by atoms with van der Waals surface area (Å²) in [6.45, 7) is 2.28. The molecule has 0 fully saturated rings. The molecular formula is C6H9N3O2. The van der Waals surface area contributed by atoms with Crippen LogP contribution in [0.1, 0.15) is 6.92 Å². The lowest BCUT2D eigenvalue weighted by Crippen LogP contribution is -2.20. The zero-order chi connectivity index (χ0) is 8.53. The van der Waals surface area contributed by atoms with Crippen molar-refractivity contribution in [3.05, 3.63) is 0 Å². The molecule has 0 aliphatic heterocycles. The molecule has 0 saturated carbocycles. The number of hydrogen-bond acceptors (Lipinski definition) is 4. The predicted octanol–water partition coefficient (Wildman–Crippen LogP) is -0.352. The molecule has 0 rings (SSSR count). The average Bonchev–Trinajstić information content (AvgIpc) is 2.05. The lowest BCUT2D eigenvalue weighted by Gasteiger charge is -1.95. The Kier molecular flexibility index (Phi) is 5.61. The Morgan fingerprint density at radius 3 is 3.09 bits per heavy atom. The Balaban J connectivity index is 3.76. The number of carbonyl (C=O) groups is 1. The molecule has 0 aromatic heterocycles. The zero-order valence-electron chi connectivity index (χ0n) is 6.20. The number of oxime groups is 1. The van der Waals surface area contributed by atoms with Crippen molar-refractivity contribution >= 4 is 12.1 Å². The van der Waals surface area contributed by atoms with Gasteiger partial charge in [0, 0.05) is 0 Å². The van der Waals surface area contributed by atoms with E-state index in [4.69, 9.17) is 5.26 Å². The number of hydrogen-bond donors (Lipinski definition) is 1. The number of carbonyl (C=O) groups excluding carboxylic acids is 1. The molecule has 11 heavy (non-hydrogen) atoms. The highest BCUT2D eigenvalue weighted by Gasteiger charge is 1.94. The normalized spacial score (nSPS) is 10.0. The van der Waals surface area contributed by atoms with Crippen molar-refractivity contribution in [1.82, 2.24) is 5.32 Å². The quantitative estimate of drug-likeness (QED) is 0.335. The predicted molar refractivity (Wildman–Crippen MR) is 38.7 cm³/mol. The van der Waals surface area contributed by atoms with E-state index in [2.05, 4.69) is 15.3 Å². The van der Waals surface area contributed by atoms with Crippen molar-refractivity contribution in [3.63, 3.8) is 0 Å². The molecule has 0 radical (unpaired) electrons. The van der Waals surface area contributed by atoms with E-state index in [-0.39, 0.29) is 12.3 Å². The van der Waals surface area contributed by atoms with Gasteiger partial charge in [0.2, 0.25) is 6.41 Å². The number of rotatable bonds is 5. The van der Waals surface area contributed by atoms with Gasteiger partial charge in [-0.05, 0) is 6.92 Å². The van der Waals surface area contributed by atoms with Crippen LogP contribution in [0, 0.1) is 11.3 Å². The highest BCUT2D eigenvalue weighted by molar-refractivity contribution is 6.00. The van der Waals surface area contributed by atoms with E-state index in [0.717, 1.165) is 0 Å². The van der Waals surface area contributed by atoms with Crippen LogP contribution in [0.5, 0.6) is 0 Å². The molecule has 0 saturated heterocycles. The number of amides is 1. The third-order valence-electron chi connectivity index (χ3n) is 0.786. The van der Waals surface area contributed by atoms with Crippen LogP contribution in [0.25, 0.3) is 0 Å². The first-order valence-electron chi connectivity index (χ1n) is 3.11. The molecule has 0 aromatic carbocycles. The maximum Gasteiger partial charge on any atom is 0.207 e. The van der Waals surface area contributed by atoms with Crippen LogP contribution < -0.4 is 5.32 Å². The third kappa shape index (κ3) is 4.90. The lowest BCUT2D eigenvalue weighted by molar-refractivity contribution is -0.109. The van der Waals surface area contributed by atoms with Crippen molar-refractivity contribution in [3.8, 4) is 6.07 Å². The first-order valence-corrected chi connectivity index (χ1v) is 3.11. The van der Waals surface area contributed by atoms with Crippen molar-refractivity contribution < 1.29 is 9.63 Å². The maximum atomic E-state index is 9.78. The summed E-state index contributed by atoms with van der Waals surface area (Å²) >= 11 is 0. The standard InChI is InChI=1S/C6H9N3O2/c1-2-11-9-6(3-7)4-8-5-10/h5H,2,4H2,1H3,(H,8,10). The minimum atomic E-state index is 0.111. The fraction of sp³-hybridized carbons (Fsp3) is 0.500. The average molecular weight is 155 g/mol. The molecular weight excluding hydrogens is 146 g/mol. The summed E-state index contributed by atoms with van der Waals surface area (Å²) in [4.78, 5) is 14.4. The van der Waals surface area contributed by atoms with Gasteiger partial charge in [0.25, 0.3) is 0 Å². The molecule has 0 aliphatic rings. The van der Waals surface area contributed by atoms with E-state index < -0.39 is 0 Å². The molecule has 0 unspecified atom stereocenters. The Bertz CT molecular complexity index is 183. The van der Waals surface area contributed by atoms with Crippen molar-refractivity contribution in [1.29, 1.82) is 5.26 Å². The van der Waals surface area contributed by atoms with Gasteiger partial charge >= 0.3 is 0 Å². The molecule has 1 amide bonds. The third-order valence-corrected chi connectivity index (χ3v) is 0.786. The largest absolute Gasteiger partial charge is 0.395 e. The molecule has 5 heteroatoms. The SMILES string of the molecule is CCON=C(C#N)CNC=O. The van der Waals surface area contributed by atoms with Gasteiger partial charge in [-0.2, -0.15) is 5.26 Å². The molecule has 0 atom stereocenters. The molecule has 0 aliphatic carbocycles. The molecule has 60 valence electrons. The Labute approximate surface area is 64.6 Å². The highest BCUT2D eigenvalue weighted by Crippen LogP contribution is 1.78. The van der Waals surface area contributed by atoms with Crippen LogP contribution in [-0.2, 0) is 9.63 Å². The number of nitriles is 1. The first-order chi connectivity index (χ1) is 5.35. The minimum absolute atomic E-state index is 0.111. The summed E-state index contributed by atoms with van der Waals surface area (Å²) in [5.74, 6) is 0. The molecule has 1 N–H and O–H groups in total. The van der Waals surface area contributed by atoms with Crippen LogP contribution in [0.3, 0.4) is 0 Å². The zero-order valence-corrected chi connectivity index (χ0v) is 6.20. The Morgan fingerprint density at radius 2 is 2.64 bits per heavy atom. The van der Waals surface area contributed by atoms with Crippen LogP contribution in [-0.4, -0.2) is 25.3 Å². The molecule has 0 heterocycles. The molecule has 0 bridgehead atoms. The van der Waals surface area contributed by atoms with Gasteiger partial charge in [-0.3, -0.25) is 4.79 Å². The van der Waals surface area contributed by atoms with Crippen LogP contribution in [0.15, 0.2) is 5.16 Å². The van der Waals surface area contributed by atoms with Gasteiger partial charge in [0.15, 0.2) is 5.71 Å². The lowest BCUT2D eigenvalue weighted by atomic mass is 10.4. The molecule has 0 aromatic rings. The van der Waals surface area contributed by atoms with Crippen LogP contribution >= 0.6 is 0 Å². The summed E-state index contributed by atoms with van der Waals surface area (Å²) in [6, 6.07) is 1.78. The van der Waals surface area contributed by atoms with Gasteiger partial charge in [-0.1, -0.05) is 5.16 Å². The fourth-order valence-electron chi connectivity index (χ4n) is 0.373. The summed E-state index contributed by atoms with van der Waals surface area (Å²) in [5, 5.41) is 14.1. The van der Waals surface area contributed by atoms with Crippen molar-refractivity contribution in [2.24, 2.45) is 5.16 Å². The first kappa shape index (κ1) is 9.43. The Morgan fingerprint density at radius 1 is 1.91 bits per heavy atom. The van der Waals surface area contributed by atoms with Crippen molar-refractivity contribution in [2.75, 3.05) is 13.2 Å². The minimum Gasteiger partial charge on any atom is -0.395 e. The second-order valence-electron chi connectivity index (χ2n) is 1.57. The number of nitrogens with one attached hydrogen (secondary N) is 1. The summed E-state index contributed by atoms with van der Waals surface area (Å²) in [6.07, 6.45) is 0.499. The Hall–Kier alpha value is -1.57. The van der Waals surface area contributed by atoms with Gasteiger partial charge in [0.05, 0.1) is 6.54 Å². The van der Waals surface area contributed by atoms with E-state index in [1.807, 2.05) is 0 Å². The number of nitrogens with zero attached hydrogens (tertiary/aromatic N) is 2. The second-order valence-corrected chi connectivity index (χ2v) is 1.57. The topological polar surface area (TPSA) is 74.5 Å². The van der Waals surface area contributed by atoms with E-state index in [0.29, 0.717) is 13.0 Å². The molecule has 0 spiro atoms. The van der Waals surface area contributed by atoms with E-state index >= 15 is 0 Å². The van der Waals surface area contributed by atoms with Gasteiger partial charge < -0.3 is 10.2 Å². The summed E-state index contributed by atoms with van der Waals surface area (Å²) in [5.41, 5.74) is 0.152. The monoisotopic (exact) mass is 155 g/mol. The van der Waals surface area contributed by atoms with Gasteiger partial charge in [0.1, 0.15) is 12.7 Å². The fourth-order valence-corrected chi connectivity index (χ4v) is 0.373. The second kappa shape index (κ2) is 6.55. The van der Waals surface area contributed by atoms with Crippen LogP contribution in [0.2, 0.25) is 0 Å². The maximum absolute atomic E-state index is 9.78. The van der Waals surface area contributed by atoms with Gasteiger partial charge in [-0.15, -0.1) is 0 Å². The summed E-state index contributed by atoms with van der Waals surface area (Å²) in [7, 11) is 0. The highest BCUT2D eigenvalue weighted by atomic mass is 16.6. The van der Waals surface area contributed by atoms with Gasteiger partial charge in [-0.25, -0.2) is 0 Å². The van der Waals surface area contributed by atoms with E-state index in [9.17, 15) is 4.79 Å². The van der Waals surface area contributed by atoms with E-state index in [1.54, 1.807) is 13.0 Å². The molecule has 5 nitrogen and oxygen atoms in total. The van der Waals surface area contributed by atoms with E-state index in [1.165, 1.54) is 0 Å². The summed E-state index contributed by atoms with van der Waals surface area (Å²) < 4.78 is 0. The van der Waals surface area contributed by atoms with Crippen LogP contribution in [0.4, 0.5) is 0 Å².